The third-order valence-electron chi connectivity index (χ3n) is 3.89. The van der Waals surface area contributed by atoms with Crippen molar-refractivity contribution in [1.82, 2.24) is 0 Å². The molecule has 0 radical (unpaired) electrons. The van der Waals surface area contributed by atoms with Gasteiger partial charge in [-0.15, -0.1) is 0 Å². The summed E-state index contributed by atoms with van der Waals surface area (Å²) < 4.78 is 16.4. The molecule has 1 aliphatic rings. The highest BCUT2D eigenvalue weighted by molar-refractivity contribution is 5.95. The van der Waals surface area contributed by atoms with Crippen LogP contribution in [0.25, 0.3) is 0 Å². The second-order valence-electron chi connectivity index (χ2n) is 5.55. The molecule has 1 aliphatic heterocycles. The van der Waals surface area contributed by atoms with E-state index in [1.807, 2.05) is 50.2 Å². The lowest BCUT2D eigenvalue weighted by atomic mass is 10.1. The van der Waals surface area contributed by atoms with Gasteiger partial charge in [0.25, 0.3) is 0 Å². The number of fused-ring (bicyclic) bond motifs is 1. The number of nitrogens with zero attached hydrogens (tertiary/aromatic N) is 1. The lowest BCUT2D eigenvalue weighted by Crippen LogP contribution is -2.09. The molecule has 0 unspecified atom stereocenters. The summed E-state index contributed by atoms with van der Waals surface area (Å²) >= 11 is 0. The Hall–Kier alpha value is -2.50. The summed E-state index contributed by atoms with van der Waals surface area (Å²) in [6, 6.07) is 13.3. The summed E-state index contributed by atoms with van der Waals surface area (Å²) in [7, 11) is 0. The third kappa shape index (κ3) is 3.95. The van der Waals surface area contributed by atoms with Crippen LogP contribution in [0.3, 0.4) is 0 Å². The van der Waals surface area contributed by atoms with Crippen LogP contribution in [0, 0.1) is 0 Å². The highest BCUT2D eigenvalue weighted by Gasteiger charge is 2.23. The number of hydrogen-bond donors (Lipinski definition) is 0. The number of carbonyl (C=O) groups is 1. The molecule has 5 nitrogen and oxygen atoms in total. The SMILES string of the molecule is CCOC(OCC)c1cccc(C=Nc2cccc3c2COC3=O)c1. The highest BCUT2D eigenvalue weighted by atomic mass is 16.7. The molecular weight excluding hydrogens is 318 g/mol. The van der Waals surface area contributed by atoms with Crippen molar-refractivity contribution < 1.29 is 19.0 Å². The van der Waals surface area contributed by atoms with Gasteiger partial charge in [0.05, 0.1) is 11.3 Å². The summed E-state index contributed by atoms with van der Waals surface area (Å²) in [6.07, 6.45) is 1.40. The molecule has 0 amide bonds. The first-order valence-corrected chi connectivity index (χ1v) is 8.39. The highest BCUT2D eigenvalue weighted by Crippen LogP contribution is 2.29. The molecule has 0 bridgehead atoms. The Bertz CT molecular complexity index is 779. The number of ether oxygens (including phenoxy) is 3. The molecule has 2 aromatic carbocycles. The molecule has 0 saturated heterocycles. The van der Waals surface area contributed by atoms with Crippen LogP contribution in [0.15, 0.2) is 47.5 Å². The van der Waals surface area contributed by atoms with Crippen molar-refractivity contribution in [2.24, 2.45) is 4.99 Å². The minimum absolute atomic E-state index is 0.276. The average molecular weight is 339 g/mol. The number of aliphatic imine (C=N–C) groups is 1. The van der Waals surface area contributed by atoms with Crippen molar-refractivity contribution in [2.45, 2.75) is 26.7 Å². The van der Waals surface area contributed by atoms with E-state index in [0.717, 1.165) is 22.4 Å². The summed E-state index contributed by atoms with van der Waals surface area (Å²) in [5.41, 5.74) is 4.06. The molecule has 0 saturated carbocycles. The number of hydrogen-bond acceptors (Lipinski definition) is 5. The number of rotatable bonds is 7. The first kappa shape index (κ1) is 17.3. The molecule has 0 aliphatic carbocycles. The Morgan fingerprint density at radius 3 is 2.68 bits per heavy atom. The number of esters is 1. The molecule has 25 heavy (non-hydrogen) atoms. The van der Waals surface area contributed by atoms with Gasteiger partial charge in [-0.1, -0.05) is 24.3 Å². The smallest absolute Gasteiger partial charge is 0.338 e. The van der Waals surface area contributed by atoms with E-state index in [1.165, 1.54) is 0 Å². The van der Waals surface area contributed by atoms with Gasteiger partial charge < -0.3 is 14.2 Å². The van der Waals surface area contributed by atoms with Crippen molar-refractivity contribution in [2.75, 3.05) is 13.2 Å². The van der Waals surface area contributed by atoms with Gasteiger partial charge in [0.15, 0.2) is 6.29 Å². The van der Waals surface area contributed by atoms with Crippen molar-refractivity contribution in [3.05, 3.63) is 64.7 Å². The zero-order valence-electron chi connectivity index (χ0n) is 14.4. The molecule has 1 heterocycles. The van der Waals surface area contributed by atoms with E-state index in [1.54, 1.807) is 12.3 Å². The molecule has 3 rings (SSSR count). The molecule has 5 heteroatoms. The second kappa shape index (κ2) is 8.05. The summed E-state index contributed by atoms with van der Waals surface area (Å²) in [5.74, 6) is -0.287. The fraction of sp³-hybridized carbons (Fsp3) is 0.300. The number of carbonyl (C=O) groups excluding carboxylic acids is 1. The monoisotopic (exact) mass is 339 g/mol. The molecule has 130 valence electrons. The van der Waals surface area contributed by atoms with E-state index in [-0.39, 0.29) is 18.9 Å². The standard InChI is InChI=1S/C20H21NO4/c1-3-23-20(24-4-2)15-8-5-7-14(11-15)12-21-18-10-6-9-16-17(18)13-25-19(16)22/h5-12,20H,3-4,13H2,1-2H3. The summed E-state index contributed by atoms with van der Waals surface area (Å²) in [6.45, 7) is 5.31. The normalized spacial score (nSPS) is 13.5. The van der Waals surface area contributed by atoms with E-state index in [4.69, 9.17) is 14.2 Å². The van der Waals surface area contributed by atoms with Gasteiger partial charge in [0, 0.05) is 30.6 Å². The van der Waals surface area contributed by atoms with Gasteiger partial charge in [-0.25, -0.2) is 4.79 Å². The van der Waals surface area contributed by atoms with Crippen molar-refractivity contribution >= 4 is 17.9 Å². The van der Waals surface area contributed by atoms with Crippen LogP contribution in [0.5, 0.6) is 0 Å². The van der Waals surface area contributed by atoms with E-state index >= 15 is 0 Å². The van der Waals surface area contributed by atoms with Gasteiger partial charge in [-0.3, -0.25) is 4.99 Å². The molecule has 0 N–H and O–H groups in total. The minimum atomic E-state index is -0.379. The fourth-order valence-corrected chi connectivity index (χ4v) is 2.73. The van der Waals surface area contributed by atoms with Crippen LogP contribution in [0.1, 0.15) is 47.2 Å². The van der Waals surface area contributed by atoms with E-state index in [0.29, 0.717) is 18.8 Å². The Labute approximate surface area is 147 Å². The zero-order valence-corrected chi connectivity index (χ0v) is 14.4. The van der Waals surface area contributed by atoms with Gasteiger partial charge >= 0.3 is 5.97 Å². The first-order valence-electron chi connectivity index (χ1n) is 8.39. The summed E-state index contributed by atoms with van der Waals surface area (Å²) in [5, 5.41) is 0. The predicted molar refractivity (Wildman–Crippen MR) is 95.3 cm³/mol. The van der Waals surface area contributed by atoms with Gasteiger partial charge in [-0.05, 0) is 37.6 Å². The Morgan fingerprint density at radius 1 is 1.16 bits per heavy atom. The fourth-order valence-electron chi connectivity index (χ4n) is 2.73. The maximum absolute atomic E-state index is 11.6. The Balaban J connectivity index is 1.83. The molecular formula is C20H21NO4. The van der Waals surface area contributed by atoms with Crippen LogP contribution in [0.4, 0.5) is 5.69 Å². The van der Waals surface area contributed by atoms with Crippen LogP contribution >= 0.6 is 0 Å². The van der Waals surface area contributed by atoms with Crippen LogP contribution in [-0.2, 0) is 20.8 Å². The molecule has 0 fully saturated rings. The van der Waals surface area contributed by atoms with Crippen LogP contribution in [0.2, 0.25) is 0 Å². The average Bonchev–Trinajstić information content (AvgIpc) is 3.02. The van der Waals surface area contributed by atoms with Gasteiger partial charge in [-0.2, -0.15) is 0 Å². The molecule has 0 atom stereocenters. The molecule has 0 spiro atoms. The van der Waals surface area contributed by atoms with E-state index in [2.05, 4.69) is 4.99 Å². The van der Waals surface area contributed by atoms with Crippen LogP contribution < -0.4 is 0 Å². The third-order valence-corrected chi connectivity index (χ3v) is 3.89. The lowest BCUT2D eigenvalue weighted by Gasteiger charge is -2.17. The Kier molecular flexibility index (Phi) is 5.58. The largest absolute Gasteiger partial charge is 0.457 e. The van der Waals surface area contributed by atoms with Gasteiger partial charge in [0.1, 0.15) is 6.61 Å². The van der Waals surface area contributed by atoms with Crippen LogP contribution in [-0.4, -0.2) is 25.4 Å². The first-order chi connectivity index (χ1) is 12.2. The maximum atomic E-state index is 11.6. The topological polar surface area (TPSA) is 57.1 Å². The molecule has 0 aromatic heterocycles. The zero-order chi connectivity index (χ0) is 17.6. The molecule has 2 aromatic rings. The lowest BCUT2D eigenvalue weighted by molar-refractivity contribution is -0.140. The predicted octanol–water partition coefficient (Wildman–Crippen LogP) is 4.18. The second-order valence-corrected chi connectivity index (χ2v) is 5.55. The van der Waals surface area contributed by atoms with Gasteiger partial charge in [0.2, 0.25) is 0 Å². The van der Waals surface area contributed by atoms with Crippen molar-refractivity contribution in [3.63, 3.8) is 0 Å². The Morgan fingerprint density at radius 2 is 1.92 bits per heavy atom. The maximum Gasteiger partial charge on any atom is 0.338 e. The minimum Gasteiger partial charge on any atom is -0.457 e. The summed E-state index contributed by atoms with van der Waals surface area (Å²) in [4.78, 5) is 16.2. The van der Waals surface area contributed by atoms with E-state index in [9.17, 15) is 4.79 Å². The number of benzene rings is 2. The number of cyclic esters (lactones) is 1. The van der Waals surface area contributed by atoms with Crippen molar-refractivity contribution in [1.29, 1.82) is 0 Å². The van der Waals surface area contributed by atoms with Crippen molar-refractivity contribution in [3.8, 4) is 0 Å². The van der Waals surface area contributed by atoms with E-state index < -0.39 is 0 Å². The quantitative estimate of drug-likeness (QED) is 0.431.